The number of pyridine rings is 1. The van der Waals surface area contributed by atoms with Crippen molar-refractivity contribution >= 4 is 21.6 Å². The molecule has 1 aromatic carbocycles. The van der Waals surface area contributed by atoms with Crippen LogP contribution >= 0.6 is 11.6 Å². The lowest BCUT2D eigenvalue weighted by Gasteiger charge is -2.21. The summed E-state index contributed by atoms with van der Waals surface area (Å²) in [6.07, 6.45) is 3.16. The first-order valence-corrected chi connectivity index (χ1v) is 8.48. The third-order valence-corrected chi connectivity index (χ3v) is 5.21. The van der Waals surface area contributed by atoms with Crippen LogP contribution in [-0.2, 0) is 16.6 Å². The third kappa shape index (κ3) is 4.26. The van der Waals surface area contributed by atoms with Crippen molar-refractivity contribution in [3.05, 3.63) is 59.1 Å². The van der Waals surface area contributed by atoms with E-state index < -0.39 is 15.8 Å². The smallest absolute Gasteiger partial charge is 0.243 e. The molecule has 2 rings (SSSR count). The van der Waals surface area contributed by atoms with Crippen molar-refractivity contribution in [2.24, 2.45) is 0 Å². The summed E-state index contributed by atoms with van der Waals surface area (Å²) in [6.45, 7) is 0.0789. The van der Waals surface area contributed by atoms with E-state index in [2.05, 4.69) is 4.98 Å². The Labute approximate surface area is 139 Å². The zero-order valence-corrected chi connectivity index (χ0v) is 13.6. The molecule has 0 N–H and O–H groups in total. The van der Waals surface area contributed by atoms with Crippen molar-refractivity contribution in [1.29, 1.82) is 5.26 Å². The Morgan fingerprint density at radius 2 is 2.13 bits per heavy atom. The Hall–Kier alpha value is -2.01. The molecular weight excluding hydrogens is 341 g/mol. The molecule has 5 nitrogen and oxygen atoms in total. The van der Waals surface area contributed by atoms with E-state index in [4.69, 9.17) is 16.9 Å². The maximum Gasteiger partial charge on any atom is 0.243 e. The largest absolute Gasteiger partial charge is 0.264 e. The lowest BCUT2D eigenvalue weighted by atomic mass is 10.3. The Balaban J connectivity index is 2.36. The number of nitrogens with zero attached hydrogens (tertiary/aromatic N) is 3. The summed E-state index contributed by atoms with van der Waals surface area (Å²) in [5, 5.41) is 8.47. The minimum Gasteiger partial charge on any atom is -0.264 e. The number of nitriles is 1. The molecule has 0 aliphatic carbocycles. The molecule has 0 atom stereocenters. The van der Waals surface area contributed by atoms with Gasteiger partial charge in [-0.2, -0.15) is 9.57 Å². The first kappa shape index (κ1) is 17.3. The van der Waals surface area contributed by atoms with Gasteiger partial charge in [-0.05, 0) is 29.8 Å². The molecule has 0 fully saturated rings. The predicted molar refractivity (Wildman–Crippen MR) is 83.5 cm³/mol. The Bertz CT molecular complexity index is 822. The average molecular weight is 354 g/mol. The predicted octanol–water partition coefficient (Wildman–Crippen LogP) is 2.98. The normalized spacial score (nSPS) is 11.4. The molecule has 23 heavy (non-hydrogen) atoms. The van der Waals surface area contributed by atoms with Gasteiger partial charge in [0.2, 0.25) is 10.0 Å². The van der Waals surface area contributed by atoms with Crippen LogP contribution in [0.4, 0.5) is 4.39 Å². The van der Waals surface area contributed by atoms with E-state index in [1.54, 1.807) is 24.5 Å². The van der Waals surface area contributed by atoms with Gasteiger partial charge in [0.25, 0.3) is 0 Å². The van der Waals surface area contributed by atoms with E-state index in [9.17, 15) is 12.8 Å². The van der Waals surface area contributed by atoms with Crippen LogP contribution in [0.15, 0.2) is 47.6 Å². The Kier molecular flexibility index (Phi) is 5.66. The lowest BCUT2D eigenvalue weighted by molar-refractivity contribution is 0.412. The summed E-state index contributed by atoms with van der Waals surface area (Å²) in [4.78, 5) is 3.82. The monoisotopic (exact) mass is 353 g/mol. The highest BCUT2D eigenvalue weighted by Crippen LogP contribution is 2.23. The Morgan fingerprint density at radius 3 is 2.74 bits per heavy atom. The van der Waals surface area contributed by atoms with Gasteiger partial charge in [-0.3, -0.25) is 4.98 Å². The van der Waals surface area contributed by atoms with Crippen LogP contribution in [-0.4, -0.2) is 24.3 Å². The molecule has 120 valence electrons. The highest BCUT2D eigenvalue weighted by molar-refractivity contribution is 7.89. The molecule has 1 heterocycles. The van der Waals surface area contributed by atoms with Crippen LogP contribution in [0.5, 0.6) is 0 Å². The van der Waals surface area contributed by atoms with E-state index in [0.29, 0.717) is 5.56 Å². The maximum absolute atomic E-state index is 13.2. The zero-order chi connectivity index (χ0) is 16.9. The van der Waals surface area contributed by atoms with Crippen molar-refractivity contribution in [3.8, 4) is 6.07 Å². The van der Waals surface area contributed by atoms with Crippen LogP contribution in [0.25, 0.3) is 0 Å². The second-order valence-corrected chi connectivity index (χ2v) is 7.03. The van der Waals surface area contributed by atoms with Gasteiger partial charge >= 0.3 is 0 Å². The lowest BCUT2D eigenvalue weighted by Crippen LogP contribution is -2.31. The molecule has 1 aromatic heterocycles. The van der Waals surface area contributed by atoms with Crippen LogP contribution in [0, 0.1) is 17.1 Å². The summed E-state index contributed by atoms with van der Waals surface area (Å²) in [7, 11) is -3.91. The van der Waals surface area contributed by atoms with Gasteiger partial charge in [-0.15, -0.1) is 0 Å². The molecule has 0 spiro atoms. The fourth-order valence-electron chi connectivity index (χ4n) is 1.94. The van der Waals surface area contributed by atoms with E-state index >= 15 is 0 Å². The van der Waals surface area contributed by atoms with E-state index in [-0.39, 0.29) is 29.4 Å². The fourth-order valence-corrected chi connectivity index (χ4v) is 3.64. The Morgan fingerprint density at radius 1 is 1.35 bits per heavy atom. The quantitative estimate of drug-likeness (QED) is 0.800. The summed E-state index contributed by atoms with van der Waals surface area (Å²) < 4.78 is 39.8. The summed E-state index contributed by atoms with van der Waals surface area (Å²) in [5.41, 5.74) is 0.683. The van der Waals surface area contributed by atoms with Crippen LogP contribution in [0.1, 0.15) is 12.0 Å². The average Bonchev–Trinajstić information content (AvgIpc) is 2.54. The molecule has 2 aromatic rings. The maximum atomic E-state index is 13.2. The second-order valence-electron chi connectivity index (χ2n) is 4.68. The van der Waals surface area contributed by atoms with Gasteiger partial charge in [0.15, 0.2) is 0 Å². The van der Waals surface area contributed by atoms with Crippen molar-refractivity contribution < 1.29 is 12.8 Å². The van der Waals surface area contributed by atoms with Crippen LogP contribution in [0.2, 0.25) is 5.02 Å². The van der Waals surface area contributed by atoms with Crippen molar-refractivity contribution in [2.45, 2.75) is 17.9 Å². The van der Waals surface area contributed by atoms with Gasteiger partial charge in [0.05, 0.1) is 16.0 Å². The molecule has 0 aliphatic heterocycles. The first-order valence-electron chi connectivity index (χ1n) is 6.66. The summed E-state index contributed by atoms with van der Waals surface area (Å²) >= 11 is 5.67. The number of rotatable bonds is 6. The summed E-state index contributed by atoms with van der Waals surface area (Å²) in [5.74, 6) is -0.693. The van der Waals surface area contributed by atoms with Gasteiger partial charge in [0.1, 0.15) is 5.82 Å². The minimum atomic E-state index is -3.91. The van der Waals surface area contributed by atoms with Gasteiger partial charge < -0.3 is 0 Å². The van der Waals surface area contributed by atoms with Crippen molar-refractivity contribution in [1.82, 2.24) is 9.29 Å². The highest BCUT2D eigenvalue weighted by Gasteiger charge is 2.25. The number of sulfonamides is 1. The third-order valence-electron chi connectivity index (χ3n) is 3.08. The van der Waals surface area contributed by atoms with Crippen molar-refractivity contribution in [3.63, 3.8) is 0 Å². The molecule has 8 heteroatoms. The van der Waals surface area contributed by atoms with E-state index in [1.165, 1.54) is 0 Å². The number of hydrogen-bond acceptors (Lipinski definition) is 4. The van der Waals surface area contributed by atoms with Crippen LogP contribution in [0.3, 0.4) is 0 Å². The summed E-state index contributed by atoms with van der Waals surface area (Å²) in [6, 6.07) is 8.57. The minimum absolute atomic E-state index is 0.0166. The molecule has 0 aliphatic rings. The molecule has 0 bridgehead atoms. The zero-order valence-electron chi connectivity index (χ0n) is 12.0. The van der Waals surface area contributed by atoms with Crippen molar-refractivity contribution in [2.75, 3.05) is 6.54 Å². The molecule has 0 radical (unpaired) electrons. The molecule has 0 amide bonds. The number of hydrogen-bond donors (Lipinski definition) is 0. The fraction of sp³-hybridized carbons (Fsp3) is 0.200. The highest BCUT2D eigenvalue weighted by atomic mass is 35.5. The second kappa shape index (κ2) is 7.51. The standard InChI is InChI=1S/C15H13ClFN3O2S/c16-14-9-13(4-5-15(14)17)23(21,22)20(8-2-6-18)11-12-3-1-7-19-10-12/h1,3-5,7,9-10H,2,8,11H2. The molecule has 0 saturated heterocycles. The van der Waals surface area contributed by atoms with Gasteiger partial charge in [-0.1, -0.05) is 17.7 Å². The SMILES string of the molecule is N#CCCN(Cc1cccnc1)S(=O)(=O)c1ccc(F)c(Cl)c1. The van der Waals surface area contributed by atoms with Gasteiger partial charge in [-0.25, -0.2) is 12.8 Å². The van der Waals surface area contributed by atoms with E-state index in [1.807, 2.05) is 6.07 Å². The molecular formula is C15H13ClFN3O2S. The topological polar surface area (TPSA) is 74.1 Å². The molecule has 0 unspecified atom stereocenters. The first-order chi connectivity index (χ1) is 10.9. The van der Waals surface area contributed by atoms with Crippen LogP contribution < -0.4 is 0 Å². The van der Waals surface area contributed by atoms with Gasteiger partial charge in [0, 0.05) is 31.9 Å². The molecule has 0 saturated carbocycles. The number of benzene rings is 1. The number of aromatic nitrogens is 1. The van der Waals surface area contributed by atoms with E-state index in [0.717, 1.165) is 22.5 Å². The number of halogens is 2.